The number of aromatic nitrogens is 1. The van der Waals surface area contributed by atoms with Gasteiger partial charge in [-0.25, -0.2) is 9.37 Å². The number of rotatable bonds is 2. The lowest BCUT2D eigenvalue weighted by Gasteiger charge is -2.06. The molecule has 0 saturated heterocycles. The summed E-state index contributed by atoms with van der Waals surface area (Å²) in [7, 11) is 0. The van der Waals surface area contributed by atoms with Gasteiger partial charge >= 0.3 is 0 Å². The normalized spacial score (nSPS) is 10.2. The highest BCUT2D eigenvalue weighted by molar-refractivity contribution is 9.10. The molecule has 0 unspecified atom stereocenters. The molecular weight excluding hydrogens is 273 g/mol. The number of ether oxygens (including phenoxy) is 1. The Morgan fingerprint density at radius 2 is 2.06 bits per heavy atom. The van der Waals surface area contributed by atoms with Crippen molar-refractivity contribution in [3.63, 3.8) is 0 Å². The van der Waals surface area contributed by atoms with Crippen LogP contribution in [0.4, 0.5) is 4.39 Å². The lowest BCUT2D eigenvalue weighted by molar-refractivity contribution is 0.427. The van der Waals surface area contributed by atoms with Crippen LogP contribution >= 0.6 is 15.9 Å². The Morgan fingerprint density at radius 1 is 1.31 bits per heavy atom. The van der Waals surface area contributed by atoms with E-state index < -0.39 is 5.82 Å². The van der Waals surface area contributed by atoms with Gasteiger partial charge in [0.2, 0.25) is 5.88 Å². The first kappa shape index (κ1) is 11.1. The van der Waals surface area contributed by atoms with Crippen LogP contribution in [0.25, 0.3) is 0 Å². The topological polar surface area (TPSA) is 22.1 Å². The number of hydrogen-bond acceptors (Lipinski definition) is 2. The Bertz CT molecular complexity index is 516. The first-order chi connectivity index (χ1) is 7.66. The van der Waals surface area contributed by atoms with E-state index in [1.54, 1.807) is 30.5 Å². The molecule has 0 aliphatic rings. The molecular formula is C12H9BrFNO. The SMILES string of the molecule is Cc1cc(Oc2ccccc2F)ncc1Br. The van der Waals surface area contributed by atoms with Crippen molar-refractivity contribution in [1.82, 2.24) is 4.98 Å². The minimum atomic E-state index is -0.398. The summed E-state index contributed by atoms with van der Waals surface area (Å²) in [6.07, 6.45) is 1.63. The van der Waals surface area contributed by atoms with Crippen molar-refractivity contribution >= 4 is 15.9 Å². The summed E-state index contributed by atoms with van der Waals surface area (Å²) in [4.78, 5) is 4.04. The van der Waals surface area contributed by atoms with E-state index in [0.717, 1.165) is 10.0 Å². The third-order valence-electron chi connectivity index (χ3n) is 2.07. The molecule has 0 fully saturated rings. The zero-order valence-electron chi connectivity index (χ0n) is 8.58. The highest BCUT2D eigenvalue weighted by Gasteiger charge is 2.05. The van der Waals surface area contributed by atoms with Crippen LogP contribution in [0.3, 0.4) is 0 Å². The van der Waals surface area contributed by atoms with Gasteiger partial charge in [-0.15, -0.1) is 0 Å². The molecule has 0 aliphatic heterocycles. The van der Waals surface area contributed by atoms with E-state index in [1.807, 2.05) is 6.92 Å². The van der Waals surface area contributed by atoms with Crippen LogP contribution in [0, 0.1) is 12.7 Å². The zero-order valence-corrected chi connectivity index (χ0v) is 10.2. The predicted octanol–water partition coefficient (Wildman–Crippen LogP) is 4.08. The summed E-state index contributed by atoms with van der Waals surface area (Å²) < 4.78 is 19.5. The fraction of sp³-hybridized carbons (Fsp3) is 0.0833. The third-order valence-corrected chi connectivity index (χ3v) is 2.90. The van der Waals surface area contributed by atoms with Crippen LogP contribution in [0.1, 0.15) is 5.56 Å². The van der Waals surface area contributed by atoms with Gasteiger partial charge in [0.25, 0.3) is 0 Å². The van der Waals surface area contributed by atoms with Crippen molar-refractivity contribution < 1.29 is 9.13 Å². The van der Waals surface area contributed by atoms with Gasteiger partial charge < -0.3 is 4.74 Å². The molecule has 0 saturated carbocycles. The van der Waals surface area contributed by atoms with Crippen LogP contribution in [0.2, 0.25) is 0 Å². The van der Waals surface area contributed by atoms with Gasteiger partial charge in [0.1, 0.15) is 0 Å². The summed E-state index contributed by atoms with van der Waals surface area (Å²) in [5.41, 5.74) is 0.987. The largest absolute Gasteiger partial charge is 0.436 e. The van der Waals surface area contributed by atoms with Gasteiger partial charge in [-0.1, -0.05) is 12.1 Å². The summed E-state index contributed by atoms with van der Waals surface area (Å²) >= 11 is 3.34. The Labute approximate surface area is 101 Å². The quantitative estimate of drug-likeness (QED) is 0.827. The first-order valence-electron chi connectivity index (χ1n) is 4.71. The molecule has 0 N–H and O–H groups in total. The number of nitrogens with zero attached hydrogens (tertiary/aromatic N) is 1. The molecule has 1 aromatic carbocycles. The smallest absolute Gasteiger partial charge is 0.219 e. The maximum Gasteiger partial charge on any atom is 0.219 e. The van der Waals surface area contributed by atoms with Crippen LogP contribution in [0.5, 0.6) is 11.6 Å². The van der Waals surface area contributed by atoms with E-state index in [1.165, 1.54) is 6.07 Å². The molecule has 0 radical (unpaired) electrons. The highest BCUT2D eigenvalue weighted by Crippen LogP contribution is 2.25. The van der Waals surface area contributed by atoms with Crippen LogP contribution < -0.4 is 4.74 Å². The van der Waals surface area contributed by atoms with E-state index in [4.69, 9.17) is 4.74 Å². The Hall–Kier alpha value is -1.42. The average Bonchev–Trinajstić information content (AvgIpc) is 2.27. The fourth-order valence-electron chi connectivity index (χ4n) is 1.21. The Morgan fingerprint density at radius 3 is 2.75 bits per heavy atom. The molecule has 1 heterocycles. The van der Waals surface area contributed by atoms with Gasteiger partial charge in [-0.05, 0) is 40.5 Å². The second kappa shape index (κ2) is 4.61. The molecule has 0 aliphatic carbocycles. The van der Waals surface area contributed by atoms with Gasteiger partial charge in [-0.2, -0.15) is 0 Å². The van der Waals surface area contributed by atoms with Crippen molar-refractivity contribution in [3.05, 3.63) is 52.4 Å². The number of para-hydroxylation sites is 1. The maximum atomic E-state index is 13.3. The van der Waals surface area contributed by atoms with Crippen molar-refractivity contribution in [3.8, 4) is 11.6 Å². The molecule has 2 nitrogen and oxygen atoms in total. The first-order valence-corrected chi connectivity index (χ1v) is 5.50. The minimum absolute atomic E-state index is 0.178. The van der Waals surface area contributed by atoms with E-state index in [-0.39, 0.29) is 5.75 Å². The molecule has 2 rings (SSSR count). The number of aryl methyl sites for hydroxylation is 1. The standard InChI is InChI=1S/C12H9BrFNO/c1-8-6-12(15-7-9(8)13)16-11-5-3-2-4-10(11)14/h2-7H,1H3. The number of pyridine rings is 1. The van der Waals surface area contributed by atoms with Crippen LogP contribution in [0.15, 0.2) is 41.0 Å². The molecule has 4 heteroatoms. The Kier molecular flexibility index (Phi) is 3.19. The van der Waals surface area contributed by atoms with E-state index in [9.17, 15) is 4.39 Å². The molecule has 0 spiro atoms. The van der Waals surface area contributed by atoms with E-state index >= 15 is 0 Å². The van der Waals surface area contributed by atoms with Crippen LogP contribution in [-0.2, 0) is 0 Å². The average molecular weight is 282 g/mol. The van der Waals surface area contributed by atoms with Crippen molar-refractivity contribution in [2.45, 2.75) is 6.92 Å². The second-order valence-electron chi connectivity index (χ2n) is 3.30. The molecule has 0 amide bonds. The second-order valence-corrected chi connectivity index (χ2v) is 4.16. The minimum Gasteiger partial charge on any atom is -0.436 e. The molecule has 2 aromatic rings. The van der Waals surface area contributed by atoms with Crippen molar-refractivity contribution in [2.75, 3.05) is 0 Å². The predicted molar refractivity (Wildman–Crippen MR) is 63.1 cm³/mol. The van der Waals surface area contributed by atoms with Crippen molar-refractivity contribution in [2.24, 2.45) is 0 Å². The van der Waals surface area contributed by atoms with Gasteiger partial charge in [-0.3, -0.25) is 0 Å². The Balaban J connectivity index is 2.28. The number of hydrogen-bond donors (Lipinski definition) is 0. The summed E-state index contributed by atoms with van der Waals surface area (Å²) in [6, 6.07) is 7.98. The maximum absolute atomic E-state index is 13.3. The van der Waals surface area contributed by atoms with Gasteiger partial charge in [0.05, 0.1) is 0 Å². The monoisotopic (exact) mass is 281 g/mol. The molecule has 82 valence electrons. The molecule has 1 aromatic heterocycles. The fourth-order valence-corrected chi connectivity index (χ4v) is 1.43. The lowest BCUT2D eigenvalue weighted by atomic mass is 10.3. The summed E-state index contributed by atoms with van der Waals surface area (Å²) in [6.45, 7) is 1.92. The number of benzene rings is 1. The molecule has 0 atom stereocenters. The zero-order chi connectivity index (χ0) is 11.5. The summed E-state index contributed by atoms with van der Waals surface area (Å²) in [5, 5.41) is 0. The molecule has 16 heavy (non-hydrogen) atoms. The van der Waals surface area contributed by atoms with E-state index in [2.05, 4.69) is 20.9 Å². The molecule has 0 bridgehead atoms. The highest BCUT2D eigenvalue weighted by atomic mass is 79.9. The lowest BCUT2D eigenvalue weighted by Crippen LogP contribution is -1.91. The summed E-state index contributed by atoms with van der Waals surface area (Å²) in [5.74, 6) is 0.160. The number of halogens is 2. The van der Waals surface area contributed by atoms with Gasteiger partial charge in [0, 0.05) is 16.7 Å². The van der Waals surface area contributed by atoms with Gasteiger partial charge in [0.15, 0.2) is 11.6 Å². The van der Waals surface area contributed by atoms with Crippen LogP contribution in [-0.4, -0.2) is 4.98 Å². The third kappa shape index (κ3) is 2.39. The van der Waals surface area contributed by atoms with Crippen molar-refractivity contribution in [1.29, 1.82) is 0 Å². The van der Waals surface area contributed by atoms with E-state index in [0.29, 0.717) is 5.88 Å².